The predicted molar refractivity (Wildman–Crippen MR) is 57.7 cm³/mol. The molecule has 1 fully saturated rings. The molecule has 1 aliphatic heterocycles. The fraction of sp³-hybridized carbons (Fsp3) is 0.545. The first kappa shape index (κ1) is 15.9. The lowest BCUT2D eigenvalue weighted by Crippen LogP contribution is -3.00. The SMILES string of the molecule is Cc1c(O)c(O)cc[n+]1C1O[C@H](CO)[C@@H](O)[C@@H]1O.[Cl-]. The fourth-order valence-electron chi connectivity index (χ4n) is 2.03. The molecular weight excluding hydrogens is 278 g/mol. The number of hydrogen-bond donors (Lipinski definition) is 5. The van der Waals surface area contributed by atoms with Crippen molar-refractivity contribution in [2.24, 2.45) is 0 Å². The van der Waals surface area contributed by atoms with Crippen molar-refractivity contribution in [3.63, 3.8) is 0 Å². The molecule has 1 aliphatic rings. The van der Waals surface area contributed by atoms with Crippen LogP contribution in [-0.2, 0) is 4.74 Å². The summed E-state index contributed by atoms with van der Waals surface area (Å²) in [6, 6.07) is 1.25. The van der Waals surface area contributed by atoms with Gasteiger partial charge in [0.1, 0.15) is 12.2 Å². The van der Waals surface area contributed by atoms with Gasteiger partial charge >= 0.3 is 0 Å². The van der Waals surface area contributed by atoms with Gasteiger partial charge < -0.3 is 42.7 Å². The Bertz CT molecular complexity index is 457. The van der Waals surface area contributed by atoms with Crippen LogP contribution in [0.1, 0.15) is 11.9 Å². The highest BCUT2D eigenvalue weighted by Crippen LogP contribution is 2.30. The minimum atomic E-state index is -1.23. The van der Waals surface area contributed by atoms with Gasteiger partial charge in [-0.05, 0) is 0 Å². The minimum Gasteiger partial charge on any atom is -1.00 e. The first-order chi connectivity index (χ1) is 8.47. The summed E-state index contributed by atoms with van der Waals surface area (Å²) in [4.78, 5) is 0. The third-order valence-electron chi connectivity index (χ3n) is 3.16. The van der Waals surface area contributed by atoms with Crippen molar-refractivity contribution in [2.45, 2.75) is 31.5 Å². The van der Waals surface area contributed by atoms with Crippen molar-refractivity contribution in [1.29, 1.82) is 0 Å². The second-order valence-corrected chi connectivity index (χ2v) is 4.27. The quantitative estimate of drug-likeness (QED) is 0.350. The van der Waals surface area contributed by atoms with E-state index in [1.54, 1.807) is 0 Å². The van der Waals surface area contributed by atoms with Crippen LogP contribution < -0.4 is 17.0 Å². The topological polar surface area (TPSA) is 114 Å². The summed E-state index contributed by atoms with van der Waals surface area (Å²) in [5.41, 5.74) is 0.282. The van der Waals surface area contributed by atoms with Crippen LogP contribution in [0.4, 0.5) is 0 Å². The van der Waals surface area contributed by atoms with Crippen LogP contribution in [0, 0.1) is 6.92 Å². The summed E-state index contributed by atoms with van der Waals surface area (Å²) < 4.78 is 6.70. The maximum absolute atomic E-state index is 9.85. The van der Waals surface area contributed by atoms with Gasteiger partial charge in [0.2, 0.25) is 11.4 Å². The third-order valence-corrected chi connectivity index (χ3v) is 3.16. The largest absolute Gasteiger partial charge is 1.00 e. The van der Waals surface area contributed by atoms with E-state index in [0.29, 0.717) is 0 Å². The Morgan fingerprint density at radius 3 is 2.42 bits per heavy atom. The van der Waals surface area contributed by atoms with Crippen LogP contribution in [0.5, 0.6) is 11.5 Å². The smallest absolute Gasteiger partial charge is 0.292 e. The number of aliphatic hydroxyl groups is 3. The molecule has 1 unspecified atom stereocenters. The van der Waals surface area contributed by atoms with Gasteiger partial charge in [0, 0.05) is 13.0 Å². The van der Waals surface area contributed by atoms with Gasteiger partial charge in [-0.15, -0.1) is 0 Å². The number of ether oxygens (including phenoxy) is 1. The number of aromatic nitrogens is 1. The Morgan fingerprint density at radius 1 is 1.26 bits per heavy atom. The molecule has 0 aliphatic carbocycles. The van der Waals surface area contributed by atoms with Crippen LogP contribution in [0.15, 0.2) is 12.3 Å². The van der Waals surface area contributed by atoms with E-state index in [1.807, 2.05) is 0 Å². The van der Waals surface area contributed by atoms with Crippen molar-refractivity contribution in [1.82, 2.24) is 0 Å². The maximum Gasteiger partial charge on any atom is 0.292 e. The number of pyridine rings is 1. The molecule has 0 aromatic carbocycles. The zero-order valence-electron chi connectivity index (χ0n) is 10.1. The van der Waals surface area contributed by atoms with E-state index in [-0.39, 0.29) is 29.6 Å². The molecule has 8 heteroatoms. The Labute approximate surface area is 115 Å². The molecule has 19 heavy (non-hydrogen) atoms. The van der Waals surface area contributed by atoms with Crippen molar-refractivity contribution in [2.75, 3.05) is 6.61 Å². The standard InChI is InChI=1S/C11H15NO6.ClH/c1-5-8(15)6(14)2-3-12(5)11-10(17)9(16)7(4-13)18-11;/h2-3,7,9-11,13,15-17H,4H2,1H3;1H/t7-,9-,10+,11?;/m1./s1. The van der Waals surface area contributed by atoms with Gasteiger partial charge in [0.15, 0.2) is 18.1 Å². The van der Waals surface area contributed by atoms with Gasteiger partial charge in [-0.1, -0.05) is 0 Å². The number of hydrogen-bond acceptors (Lipinski definition) is 6. The molecule has 1 aromatic heterocycles. The molecule has 5 N–H and O–H groups in total. The lowest BCUT2D eigenvalue weighted by molar-refractivity contribution is -0.770. The average molecular weight is 294 g/mol. The van der Waals surface area contributed by atoms with Crippen LogP contribution >= 0.6 is 0 Å². The number of rotatable bonds is 2. The van der Waals surface area contributed by atoms with Gasteiger partial charge in [-0.3, -0.25) is 0 Å². The van der Waals surface area contributed by atoms with Gasteiger partial charge in [-0.25, -0.2) is 0 Å². The summed E-state index contributed by atoms with van der Waals surface area (Å²) in [5.74, 6) is -0.606. The first-order valence-electron chi connectivity index (χ1n) is 5.52. The second-order valence-electron chi connectivity index (χ2n) is 4.27. The molecule has 0 amide bonds. The highest BCUT2D eigenvalue weighted by Gasteiger charge is 2.48. The average Bonchev–Trinajstić information content (AvgIpc) is 2.64. The molecule has 0 radical (unpaired) electrons. The second kappa shape index (κ2) is 5.89. The van der Waals surface area contributed by atoms with Gasteiger partial charge in [0.25, 0.3) is 6.23 Å². The van der Waals surface area contributed by atoms with Gasteiger partial charge in [0.05, 0.1) is 6.61 Å². The Hall–Kier alpha value is -1.12. The monoisotopic (exact) mass is 293 g/mol. The Morgan fingerprint density at radius 2 is 1.89 bits per heavy atom. The Kier molecular flexibility index (Phi) is 4.94. The van der Waals surface area contributed by atoms with Crippen molar-refractivity contribution in [3.05, 3.63) is 18.0 Å². The van der Waals surface area contributed by atoms with E-state index in [2.05, 4.69) is 0 Å². The summed E-state index contributed by atoms with van der Waals surface area (Å²) in [6.07, 6.45) is -2.82. The summed E-state index contributed by atoms with van der Waals surface area (Å²) >= 11 is 0. The zero-order valence-corrected chi connectivity index (χ0v) is 10.9. The van der Waals surface area contributed by atoms with Crippen LogP contribution in [-0.4, -0.2) is 50.5 Å². The highest BCUT2D eigenvalue weighted by atomic mass is 35.5. The van der Waals surface area contributed by atoms with E-state index in [0.717, 1.165) is 0 Å². The first-order valence-corrected chi connectivity index (χ1v) is 5.52. The Balaban J connectivity index is 0.00000180. The van der Waals surface area contributed by atoms with Crippen molar-refractivity contribution in [3.8, 4) is 11.5 Å². The van der Waals surface area contributed by atoms with Crippen molar-refractivity contribution < 1.29 is 47.2 Å². The molecule has 0 saturated carbocycles. The van der Waals surface area contributed by atoms with Crippen LogP contribution in [0.2, 0.25) is 0 Å². The van der Waals surface area contributed by atoms with E-state index < -0.39 is 31.1 Å². The number of nitrogens with zero attached hydrogens (tertiary/aromatic N) is 1. The third kappa shape index (κ3) is 2.60. The van der Waals surface area contributed by atoms with E-state index in [9.17, 15) is 20.4 Å². The van der Waals surface area contributed by atoms with E-state index in [1.165, 1.54) is 23.8 Å². The summed E-state index contributed by atoms with van der Waals surface area (Å²) in [7, 11) is 0. The molecular formula is C11H16ClNO6. The molecule has 0 spiro atoms. The van der Waals surface area contributed by atoms with Crippen LogP contribution in [0.25, 0.3) is 0 Å². The molecule has 1 aromatic rings. The highest BCUT2D eigenvalue weighted by molar-refractivity contribution is 5.36. The molecule has 2 heterocycles. The van der Waals surface area contributed by atoms with E-state index >= 15 is 0 Å². The normalized spacial score (nSPS) is 30.1. The van der Waals surface area contributed by atoms with Crippen molar-refractivity contribution >= 4 is 0 Å². The summed E-state index contributed by atoms with van der Waals surface area (Å²) in [5, 5.41) is 47.4. The minimum absolute atomic E-state index is 0. The number of aromatic hydroxyl groups is 2. The molecule has 0 bridgehead atoms. The molecule has 4 atom stereocenters. The zero-order chi connectivity index (χ0) is 13.4. The summed E-state index contributed by atoms with van der Waals surface area (Å²) in [6.45, 7) is 1.11. The lowest BCUT2D eigenvalue weighted by Gasteiger charge is -2.12. The number of aliphatic hydroxyl groups excluding tert-OH is 3. The number of halogens is 1. The molecule has 2 rings (SSSR count). The maximum atomic E-state index is 9.85. The fourth-order valence-corrected chi connectivity index (χ4v) is 2.03. The molecule has 7 nitrogen and oxygen atoms in total. The van der Waals surface area contributed by atoms with E-state index in [4.69, 9.17) is 9.84 Å². The lowest BCUT2D eigenvalue weighted by atomic mass is 10.1. The molecule has 108 valence electrons. The molecule has 1 saturated heterocycles. The predicted octanol–water partition coefficient (Wildman–Crippen LogP) is -4.69. The van der Waals surface area contributed by atoms with Gasteiger partial charge in [-0.2, -0.15) is 4.57 Å². The van der Waals surface area contributed by atoms with Crippen LogP contribution in [0.3, 0.4) is 0 Å².